The highest BCUT2D eigenvalue weighted by Gasteiger charge is 2.12. The third-order valence-corrected chi connectivity index (χ3v) is 2.85. The summed E-state index contributed by atoms with van der Waals surface area (Å²) in [5, 5.41) is 11.2. The maximum Gasteiger partial charge on any atom is 0.183 e. The monoisotopic (exact) mass is 294 g/mol. The Kier molecular flexibility index (Phi) is 4.43. The van der Waals surface area contributed by atoms with Crippen LogP contribution < -0.4 is 5.32 Å². The van der Waals surface area contributed by atoms with Crippen molar-refractivity contribution in [2.75, 3.05) is 11.9 Å². The fourth-order valence-electron chi connectivity index (χ4n) is 1.87. The molecule has 0 atom stereocenters. The molecule has 0 aliphatic carbocycles. The highest BCUT2D eigenvalue weighted by Crippen LogP contribution is 2.20. The van der Waals surface area contributed by atoms with Crippen LogP contribution in [0.3, 0.4) is 0 Å². The summed E-state index contributed by atoms with van der Waals surface area (Å²) in [6.45, 7) is 0.158. The van der Waals surface area contributed by atoms with Crippen LogP contribution in [0.4, 0.5) is 23.2 Å². The highest BCUT2D eigenvalue weighted by molar-refractivity contribution is 5.49. The minimum atomic E-state index is -1.22. The van der Waals surface area contributed by atoms with E-state index in [4.69, 9.17) is 5.26 Å². The third kappa shape index (κ3) is 3.51. The molecule has 6 heteroatoms. The Morgan fingerprint density at radius 2 is 1.62 bits per heavy atom. The summed E-state index contributed by atoms with van der Waals surface area (Å²) in [7, 11) is 0. The fraction of sp³-hybridized carbons (Fsp3) is 0.133. The number of nitrogens with zero attached hydrogens (tertiary/aromatic N) is 1. The lowest BCUT2D eigenvalue weighted by Gasteiger charge is -2.09. The summed E-state index contributed by atoms with van der Waals surface area (Å²) in [5.41, 5.74) is -0.0943. The smallest absolute Gasteiger partial charge is 0.183 e. The van der Waals surface area contributed by atoms with Crippen molar-refractivity contribution in [1.29, 1.82) is 5.26 Å². The lowest BCUT2D eigenvalue weighted by molar-refractivity contribution is 0.508. The zero-order valence-corrected chi connectivity index (χ0v) is 10.8. The van der Waals surface area contributed by atoms with Gasteiger partial charge in [0.15, 0.2) is 11.6 Å². The van der Waals surface area contributed by atoms with Gasteiger partial charge in [-0.05, 0) is 36.2 Å². The molecule has 0 radical (unpaired) electrons. The molecule has 1 N–H and O–H groups in total. The van der Waals surface area contributed by atoms with Crippen LogP contribution in [-0.4, -0.2) is 6.54 Å². The lowest BCUT2D eigenvalue weighted by Crippen LogP contribution is -2.08. The number of nitrogens with one attached hydrogen (secondary N) is 1. The Labute approximate surface area is 118 Å². The van der Waals surface area contributed by atoms with Gasteiger partial charge in [0.25, 0.3) is 0 Å². The topological polar surface area (TPSA) is 35.8 Å². The number of halogens is 4. The van der Waals surface area contributed by atoms with E-state index in [0.717, 1.165) is 12.1 Å². The second-order valence-corrected chi connectivity index (χ2v) is 4.35. The largest absolute Gasteiger partial charge is 0.382 e. The van der Waals surface area contributed by atoms with E-state index in [2.05, 4.69) is 5.32 Å². The van der Waals surface area contributed by atoms with Crippen molar-refractivity contribution >= 4 is 5.69 Å². The van der Waals surface area contributed by atoms with Crippen LogP contribution in [-0.2, 0) is 6.42 Å². The first-order valence-corrected chi connectivity index (χ1v) is 6.08. The summed E-state index contributed by atoms with van der Waals surface area (Å²) >= 11 is 0. The van der Waals surface area contributed by atoms with Crippen LogP contribution in [0.25, 0.3) is 0 Å². The van der Waals surface area contributed by atoms with Crippen LogP contribution >= 0.6 is 0 Å². The zero-order chi connectivity index (χ0) is 15.4. The molecule has 0 unspecified atom stereocenters. The fourth-order valence-corrected chi connectivity index (χ4v) is 1.87. The number of rotatable bonds is 4. The standard InChI is InChI=1S/C15H10F4N2/c16-11-5-9(6-12(17)7-11)3-4-21-13-2-1-10(8-20)14(18)15(13)19/h1-2,5-7,21H,3-4H2. The van der Waals surface area contributed by atoms with Gasteiger partial charge in [0.05, 0.1) is 11.3 Å². The van der Waals surface area contributed by atoms with Crippen molar-refractivity contribution in [1.82, 2.24) is 0 Å². The molecular formula is C15H10F4N2. The number of hydrogen-bond acceptors (Lipinski definition) is 2. The van der Waals surface area contributed by atoms with Crippen LogP contribution in [0.15, 0.2) is 30.3 Å². The maximum absolute atomic E-state index is 13.6. The molecule has 108 valence electrons. The minimum absolute atomic E-state index is 0.108. The Hall–Kier alpha value is -2.55. The van der Waals surface area contributed by atoms with Gasteiger partial charge in [-0.15, -0.1) is 0 Å². The normalized spacial score (nSPS) is 10.2. The molecule has 21 heavy (non-hydrogen) atoms. The van der Waals surface area contributed by atoms with Gasteiger partial charge in [0, 0.05) is 12.6 Å². The second kappa shape index (κ2) is 6.27. The number of hydrogen-bond donors (Lipinski definition) is 1. The molecule has 0 bridgehead atoms. The first-order valence-electron chi connectivity index (χ1n) is 6.08. The summed E-state index contributed by atoms with van der Waals surface area (Å²) in [5.74, 6) is -3.76. The molecular weight excluding hydrogens is 284 g/mol. The zero-order valence-electron chi connectivity index (χ0n) is 10.8. The quantitative estimate of drug-likeness (QED) is 0.871. The molecule has 0 heterocycles. The van der Waals surface area contributed by atoms with Crippen molar-refractivity contribution in [2.45, 2.75) is 6.42 Å². The van der Waals surface area contributed by atoms with Gasteiger partial charge < -0.3 is 5.32 Å². The Bertz CT molecular complexity index is 687. The number of nitriles is 1. The van der Waals surface area contributed by atoms with Crippen molar-refractivity contribution in [2.24, 2.45) is 0 Å². The van der Waals surface area contributed by atoms with E-state index in [1.165, 1.54) is 24.3 Å². The van der Waals surface area contributed by atoms with E-state index in [9.17, 15) is 17.6 Å². The molecule has 0 saturated carbocycles. The lowest BCUT2D eigenvalue weighted by atomic mass is 10.1. The van der Waals surface area contributed by atoms with Crippen molar-refractivity contribution in [3.8, 4) is 6.07 Å². The SMILES string of the molecule is N#Cc1ccc(NCCc2cc(F)cc(F)c2)c(F)c1F. The van der Waals surface area contributed by atoms with E-state index in [1.54, 1.807) is 0 Å². The Morgan fingerprint density at radius 1 is 0.952 bits per heavy atom. The van der Waals surface area contributed by atoms with E-state index < -0.39 is 23.3 Å². The van der Waals surface area contributed by atoms with E-state index in [-0.39, 0.29) is 24.2 Å². The second-order valence-electron chi connectivity index (χ2n) is 4.35. The third-order valence-electron chi connectivity index (χ3n) is 2.85. The predicted octanol–water partition coefficient (Wildman–Crippen LogP) is 3.77. The molecule has 2 rings (SSSR count). The summed E-state index contributed by atoms with van der Waals surface area (Å²) in [4.78, 5) is 0. The molecule has 0 spiro atoms. The Morgan fingerprint density at radius 3 is 2.24 bits per heavy atom. The van der Waals surface area contributed by atoms with Gasteiger partial charge in [-0.1, -0.05) is 0 Å². The molecule has 0 fully saturated rings. The Balaban J connectivity index is 2.04. The first-order chi connectivity index (χ1) is 10.0. The van der Waals surface area contributed by atoms with Gasteiger partial charge in [0.2, 0.25) is 0 Å². The first kappa shape index (κ1) is 14.9. The molecule has 2 aromatic rings. The van der Waals surface area contributed by atoms with E-state index >= 15 is 0 Å². The van der Waals surface area contributed by atoms with Crippen molar-refractivity contribution < 1.29 is 17.6 Å². The van der Waals surface area contributed by atoms with Gasteiger partial charge in [-0.2, -0.15) is 5.26 Å². The molecule has 0 amide bonds. The van der Waals surface area contributed by atoms with Gasteiger partial charge in [0.1, 0.15) is 17.7 Å². The molecule has 0 aliphatic heterocycles. The maximum atomic E-state index is 13.6. The van der Waals surface area contributed by atoms with Crippen LogP contribution in [0.1, 0.15) is 11.1 Å². The molecule has 0 aliphatic rings. The number of benzene rings is 2. The van der Waals surface area contributed by atoms with E-state index in [0.29, 0.717) is 5.56 Å². The molecule has 2 nitrogen and oxygen atoms in total. The van der Waals surface area contributed by atoms with Gasteiger partial charge in [-0.3, -0.25) is 0 Å². The van der Waals surface area contributed by atoms with E-state index in [1.807, 2.05) is 0 Å². The average molecular weight is 294 g/mol. The average Bonchev–Trinajstić information content (AvgIpc) is 2.43. The predicted molar refractivity (Wildman–Crippen MR) is 69.6 cm³/mol. The highest BCUT2D eigenvalue weighted by atomic mass is 19.2. The van der Waals surface area contributed by atoms with Gasteiger partial charge >= 0.3 is 0 Å². The molecule has 0 aromatic heterocycles. The summed E-state index contributed by atoms with van der Waals surface area (Å²) in [6.07, 6.45) is 0.232. The summed E-state index contributed by atoms with van der Waals surface area (Å²) < 4.78 is 52.9. The molecule has 0 saturated heterocycles. The van der Waals surface area contributed by atoms with Crippen LogP contribution in [0, 0.1) is 34.6 Å². The summed E-state index contributed by atoms with van der Waals surface area (Å²) in [6, 6.07) is 7.02. The number of anilines is 1. The van der Waals surface area contributed by atoms with Gasteiger partial charge in [-0.25, -0.2) is 17.6 Å². The molecule has 2 aromatic carbocycles. The van der Waals surface area contributed by atoms with Crippen molar-refractivity contribution in [3.63, 3.8) is 0 Å². The van der Waals surface area contributed by atoms with Crippen LogP contribution in [0.2, 0.25) is 0 Å². The minimum Gasteiger partial charge on any atom is -0.382 e. The van der Waals surface area contributed by atoms with Crippen molar-refractivity contribution in [3.05, 3.63) is 64.7 Å². The van der Waals surface area contributed by atoms with Crippen LogP contribution in [0.5, 0.6) is 0 Å².